The number of sulfone groups is 1. The van der Waals surface area contributed by atoms with Crippen molar-refractivity contribution in [2.75, 3.05) is 37.7 Å². The SMILES string of the molecule is CN(C)CCN(c1ccccc1)S(=O)(=O)c1cc(S(C)(=O)=O)ccc1Br. The Morgan fingerprint density at radius 1 is 0.923 bits per heavy atom. The number of hydrogen-bond acceptors (Lipinski definition) is 5. The largest absolute Gasteiger partial charge is 0.308 e. The fraction of sp³-hybridized carbons (Fsp3) is 0.294. The van der Waals surface area contributed by atoms with E-state index < -0.39 is 19.9 Å². The zero-order chi connectivity index (χ0) is 19.5. The predicted octanol–water partition coefficient (Wildman–Crippen LogP) is 2.61. The molecule has 0 fully saturated rings. The highest BCUT2D eigenvalue weighted by atomic mass is 79.9. The summed E-state index contributed by atoms with van der Waals surface area (Å²) in [7, 11) is -3.78. The van der Waals surface area contributed by atoms with Crippen molar-refractivity contribution in [2.24, 2.45) is 0 Å². The summed E-state index contributed by atoms with van der Waals surface area (Å²) in [6.45, 7) is 0.742. The zero-order valence-electron chi connectivity index (χ0n) is 14.8. The molecule has 2 aromatic carbocycles. The van der Waals surface area contributed by atoms with Crippen molar-refractivity contribution in [3.63, 3.8) is 0 Å². The van der Waals surface area contributed by atoms with Crippen molar-refractivity contribution in [3.05, 3.63) is 53.0 Å². The highest BCUT2D eigenvalue weighted by molar-refractivity contribution is 9.10. The summed E-state index contributed by atoms with van der Waals surface area (Å²) in [5.74, 6) is 0. The standard InChI is InChI=1S/C17H21BrN2O4S2/c1-19(2)11-12-20(14-7-5-4-6-8-14)26(23,24)17-13-15(25(3,21)22)9-10-16(17)18/h4-10,13H,11-12H2,1-3H3. The quantitative estimate of drug-likeness (QED) is 0.634. The molecule has 0 bridgehead atoms. The van der Waals surface area contributed by atoms with Crippen molar-refractivity contribution >= 4 is 41.5 Å². The molecule has 26 heavy (non-hydrogen) atoms. The maximum Gasteiger partial charge on any atom is 0.265 e. The molecular formula is C17H21BrN2O4S2. The first kappa shape index (κ1) is 20.9. The Balaban J connectivity index is 2.60. The van der Waals surface area contributed by atoms with Crippen LogP contribution in [0.25, 0.3) is 0 Å². The first-order valence-corrected chi connectivity index (χ1v) is 11.9. The lowest BCUT2D eigenvalue weighted by Crippen LogP contribution is -2.37. The van der Waals surface area contributed by atoms with Gasteiger partial charge in [-0.1, -0.05) is 18.2 Å². The number of benzene rings is 2. The average Bonchev–Trinajstić information content (AvgIpc) is 2.54. The van der Waals surface area contributed by atoms with Gasteiger partial charge in [0, 0.05) is 23.8 Å². The second-order valence-electron chi connectivity index (χ2n) is 6.08. The van der Waals surface area contributed by atoms with Gasteiger partial charge in [-0.25, -0.2) is 16.8 Å². The van der Waals surface area contributed by atoms with E-state index in [1.54, 1.807) is 30.3 Å². The number of halogens is 1. The van der Waals surface area contributed by atoms with Crippen molar-refractivity contribution < 1.29 is 16.8 Å². The van der Waals surface area contributed by atoms with E-state index in [9.17, 15) is 16.8 Å². The second kappa shape index (κ2) is 8.08. The number of hydrogen-bond donors (Lipinski definition) is 0. The van der Waals surface area contributed by atoms with Gasteiger partial charge in [0.2, 0.25) is 0 Å². The molecule has 0 N–H and O–H groups in total. The van der Waals surface area contributed by atoms with Gasteiger partial charge in [-0.15, -0.1) is 0 Å². The fourth-order valence-corrected chi connectivity index (χ4v) is 5.43. The molecule has 2 rings (SSSR count). The van der Waals surface area contributed by atoms with Gasteiger partial charge in [-0.3, -0.25) is 4.31 Å². The van der Waals surface area contributed by atoms with Crippen LogP contribution in [-0.2, 0) is 19.9 Å². The van der Waals surface area contributed by atoms with E-state index in [4.69, 9.17) is 0 Å². The van der Waals surface area contributed by atoms with E-state index in [-0.39, 0.29) is 16.3 Å². The summed E-state index contributed by atoms with van der Waals surface area (Å²) in [6, 6.07) is 12.8. The van der Waals surface area contributed by atoms with Crippen LogP contribution in [0.3, 0.4) is 0 Å². The van der Waals surface area contributed by atoms with Gasteiger partial charge >= 0.3 is 0 Å². The molecule has 0 aliphatic rings. The molecule has 0 atom stereocenters. The third-order valence-corrected chi connectivity index (χ3v) is 7.62. The number of nitrogens with zero attached hydrogens (tertiary/aromatic N) is 2. The number of para-hydroxylation sites is 1. The molecule has 0 heterocycles. The van der Waals surface area contributed by atoms with Crippen molar-refractivity contribution in [1.82, 2.24) is 4.90 Å². The second-order valence-corrected chi connectivity index (χ2v) is 10.8. The minimum atomic E-state index is -3.97. The lowest BCUT2D eigenvalue weighted by molar-refractivity contribution is 0.419. The van der Waals surface area contributed by atoms with Gasteiger partial charge < -0.3 is 4.90 Å². The van der Waals surface area contributed by atoms with Gasteiger partial charge in [0.15, 0.2) is 9.84 Å². The van der Waals surface area contributed by atoms with Gasteiger partial charge in [0.05, 0.1) is 10.6 Å². The van der Waals surface area contributed by atoms with Crippen LogP contribution in [0.4, 0.5) is 5.69 Å². The van der Waals surface area contributed by atoms with E-state index >= 15 is 0 Å². The smallest absolute Gasteiger partial charge is 0.265 e. The lowest BCUT2D eigenvalue weighted by Gasteiger charge is -2.26. The van der Waals surface area contributed by atoms with Crippen LogP contribution in [0.5, 0.6) is 0 Å². The van der Waals surface area contributed by atoms with Crippen molar-refractivity contribution in [2.45, 2.75) is 9.79 Å². The Labute approximate surface area is 163 Å². The third-order valence-electron chi connectivity index (χ3n) is 3.69. The Kier molecular flexibility index (Phi) is 6.49. The van der Waals surface area contributed by atoms with Crippen LogP contribution >= 0.6 is 15.9 Å². The van der Waals surface area contributed by atoms with E-state index in [0.717, 1.165) is 6.26 Å². The van der Waals surface area contributed by atoms with Crippen LogP contribution in [0.1, 0.15) is 0 Å². The molecule has 0 amide bonds. The van der Waals surface area contributed by atoms with Crippen LogP contribution in [-0.4, -0.2) is 55.2 Å². The molecule has 0 radical (unpaired) electrons. The third kappa shape index (κ3) is 4.85. The van der Waals surface area contributed by atoms with Gasteiger partial charge in [0.25, 0.3) is 10.0 Å². The van der Waals surface area contributed by atoms with Crippen molar-refractivity contribution in [1.29, 1.82) is 0 Å². The summed E-state index contributed by atoms with van der Waals surface area (Å²) in [6.07, 6.45) is 1.05. The molecule has 142 valence electrons. The van der Waals surface area contributed by atoms with Crippen LogP contribution in [0, 0.1) is 0 Å². The maximum atomic E-state index is 13.3. The Morgan fingerprint density at radius 2 is 1.54 bits per heavy atom. The molecule has 0 spiro atoms. The van der Waals surface area contributed by atoms with Crippen LogP contribution in [0.15, 0.2) is 62.8 Å². The van der Waals surface area contributed by atoms with Crippen LogP contribution in [0.2, 0.25) is 0 Å². The predicted molar refractivity (Wildman–Crippen MR) is 107 cm³/mol. The van der Waals surface area contributed by atoms with Gasteiger partial charge in [-0.2, -0.15) is 0 Å². The molecule has 0 aromatic heterocycles. The molecule has 0 saturated heterocycles. The Hall–Kier alpha value is -1.42. The highest BCUT2D eigenvalue weighted by Gasteiger charge is 2.28. The summed E-state index contributed by atoms with van der Waals surface area (Å²) in [5, 5.41) is 0. The summed E-state index contributed by atoms with van der Waals surface area (Å²) in [4.78, 5) is 1.76. The maximum absolute atomic E-state index is 13.3. The van der Waals surface area contributed by atoms with E-state index in [0.29, 0.717) is 16.7 Å². The molecule has 6 nitrogen and oxygen atoms in total. The van der Waals surface area contributed by atoms with Crippen molar-refractivity contribution in [3.8, 4) is 0 Å². The first-order valence-electron chi connectivity index (χ1n) is 7.75. The summed E-state index contributed by atoms with van der Waals surface area (Å²) < 4.78 is 52.0. The monoisotopic (exact) mass is 460 g/mol. The molecular weight excluding hydrogens is 440 g/mol. The van der Waals surface area contributed by atoms with E-state index in [2.05, 4.69) is 15.9 Å². The Bertz CT molecular complexity index is 975. The number of anilines is 1. The minimum Gasteiger partial charge on any atom is -0.308 e. The minimum absolute atomic E-state index is 0.0418. The summed E-state index contributed by atoms with van der Waals surface area (Å²) >= 11 is 3.24. The molecule has 0 aliphatic heterocycles. The Morgan fingerprint density at radius 3 is 2.08 bits per heavy atom. The molecule has 0 unspecified atom stereocenters. The van der Waals surface area contributed by atoms with Gasteiger partial charge in [-0.05, 0) is 60.4 Å². The summed E-state index contributed by atoms with van der Waals surface area (Å²) in [5.41, 5.74) is 0.519. The molecule has 9 heteroatoms. The lowest BCUT2D eigenvalue weighted by atomic mass is 10.3. The van der Waals surface area contributed by atoms with E-state index in [1.165, 1.54) is 22.5 Å². The fourth-order valence-electron chi connectivity index (χ4n) is 2.30. The van der Waals surface area contributed by atoms with E-state index in [1.807, 2.05) is 19.0 Å². The van der Waals surface area contributed by atoms with Gasteiger partial charge in [0.1, 0.15) is 4.90 Å². The topological polar surface area (TPSA) is 74.8 Å². The number of sulfonamides is 1. The number of likely N-dealkylation sites (N-methyl/N-ethyl adjacent to an activating group) is 1. The average molecular weight is 461 g/mol. The number of rotatable bonds is 7. The first-order chi connectivity index (χ1) is 12.0. The van der Waals surface area contributed by atoms with Crippen LogP contribution < -0.4 is 4.31 Å². The zero-order valence-corrected chi connectivity index (χ0v) is 18.0. The normalized spacial score (nSPS) is 12.3. The molecule has 2 aromatic rings. The highest BCUT2D eigenvalue weighted by Crippen LogP contribution is 2.30. The molecule has 0 aliphatic carbocycles. The molecule has 0 saturated carbocycles.